The van der Waals surface area contributed by atoms with Gasteiger partial charge >= 0.3 is 0 Å². The van der Waals surface area contributed by atoms with Crippen LogP contribution in [0.1, 0.15) is 17.1 Å². The summed E-state index contributed by atoms with van der Waals surface area (Å²) in [6.07, 6.45) is 0. The largest absolute Gasteiger partial charge is 0.465 e. The van der Waals surface area contributed by atoms with Gasteiger partial charge in [0.1, 0.15) is 16.4 Å². The predicted molar refractivity (Wildman–Crippen MR) is 71.7 cm³/mol. The second-order valence-corrected chi connectivity index (χ2v) is 5.76. The van der Waals surface area contributed by atoms with E-state index in [-0.39, 0.29) is 23.0 Å². The third-order valence-electron chi connectivity index (χ3n) is 2.72. The number of sulfonamides is 1. The van der Waals surface area contributed by atoms with E-state index in [4.69, 9.17) is 10.2 Å². The monoisotopic (exact) mass is 298 g/mol. The van der Waals surface area contributed by atoms with Crippen molar-refractivity contribution in [2.24, 2.45) is 5.73 Å². The van der Waals surface area contributed by atoms with Crippen LogP contribution < -0.4 is 16.0 Å². The summed E-state index contributed by atoms with van der Waals surface area (Å²) in [6, 6.07) is 2.43. The third-order valence-corrected chi connectivity index (χ3v) is 4.27. The summed E-state index contributed by atoms with van der Waals surface area (Å²) in [5.41, 5.74) is 5.55. The van der Waals surface area contributed by atoms with Crippen LogP contribution in [0.4, 0.5) is 5.82 Å². The van der Waals surface area contributed by atoms with Crippen molar-refractivity contribution in [3.63, 3.8) is 0 Å². The Hall–Kier alpha value is -2.13. The summed E-state index contributed by atoms with van der Waals surface area (Å²) in [5.74, 6) is 0.713. The maximum Gasteiger partial charge on any atom is 0.266 e. The second-order valence-electron chi connectivity index (χ2n) is 4.14. The molecular weight excluding hydrogens is 284 g/mol. The van der Waals surface area contributed by atoms with Gasteiger partial charge in [0.25, 0.3) is 15.6 Å². The van der Waals surface area contributed by atoms with Crippen molar-refractivity contribution in [2.75, 3.05) is 4.72 Å². The fourth-order valence-electron chi connectivity index (χ4n) is 1.89. The van der Waals surface area contributed by atoms with Gasteiger partial charge in [-0.2, -0.15) is 5.10 Å². The molecule has 0 radical (unpaired) electrons. The van der Waals surface area contributed by atoms with Gasteiger partial charge in [0.05, 0.1) is 0 Å². The lowest BCUT2D eigenvalue weighted by molar-refractivity contribution is 0.494. The van der Waals surface area contributed by atoms with Gasteiger partial charge in [-0.3, -0.25) is 9.52 Å². The number of nitrogens with two attached hydrogens (primary N) is 1. The Bertz CT molecular complexity index is 771. The molecule has 0 fully saturated rings. The van der Waals surface area contributed by atoms with Crippen molar-refractivity contribution >= 4 is 15.8 Å². The highest BCUT2D eigenvalue weighted by molar-refractivity contribution is 7.92. The Kier molecular flexibility index (Phi) is 3.64. The maximum atomic E-state index is 12.3. The average Bonchev–Trinajstić information content (AvgIpc) is 2.66. The molecule has 0 spiro atoms. The zero-order valence-electron chi connectivity index (χ0n) is 10.9. The lowest BCUT2D eigenvalue weighted by atomic mass is 10.2. The van der Waals surface area contributed by atoms with Gasteiger partial charge in [0, 0.05) is 18.2 Å². The van der Waals surface area contributed by atoms with Crippen molar-refractivity contribution < 1.29 is 12.8 Å². The van der Waals surface area contributed by atoms with E-state index in [1.807, 2.05) is 0 Å². The molecule has 0 saturated heterocycles. The van der Waals surface area contributed by atoms with Crippen LogP contribution in [0.25, 0.3) is 0 Å². The summed E-state index contributed by atoms with van der Waals surface area (Å²) in [7, 11) is -3.89. The van der Waals surface area contributed by atoms with E-state index in [0.29, 0.717) is 11.3 Å². The number of hydrogen-bond acceptors (Lipinski definition) is 6. The minimum atomic E-state index is -3.89. The number of H-pyrrole nitrogens is 1. The van der Waals surface area contributed by atoms with Crippen molar-refractivity contribution in [2.45, 2.75) is 25.3 Å². The van der Waals surface area contributed by atoms with E-state index in [0.717, 1.165) is 0 Å². The summed E-state index contributed by atoms with van der Waals surface area (Å²) < 4.78 is 32.3. The highest BCUT2D eigenvalue weighted by Crippen LogP contribution is 2.27. The van der Waals surface area contributed by atoms with Crippen LogP contribution >= 0.6 is 0 Å². The number of rotatable bonds is 4. The van der Waals surface area contributed by atoms with E-state index in [9.17, 15) is 13.2 Å². The number of aryl methyl sites for hydroxylation is 2. The number of anilines is 1. The van der Waals surface area contributed by atoms with Crippen LogP contribution in [0, 0.1) is 13.8 Å². The molecule has 20 heavy (non-hydrogen) atoms. The Morgan fingerprint density at radius 1 is 1.35 bits per heavy atom. The van der Waals surface area contributed by atoms with Crippen LogP contribution in [0.3, 0.4) is 0 Å². The lowest BCUT2D eigenvalue weighted by Gasteiger charge is -2.07. The molecule has 2 rings (SSSR count). The zero-order chi connectivity index (χ0) is 14.9. The summed E-state index contributed by atoms with van der Waals surface area (Å²) in [5, 5.41) is 5.73. The second kappa shape index (κ2) is 5.10. The van der Waals surface area contributed by atoms with Gasteiger partial charge in [-0.25, -0.2) is 13.5 Å². The van der Waals surface area contributed by atoms with Gasteiger partial charge in [-0.05, 0) is 19.9 Å². The Labute approximate surface area is 115 Å². The highest BCUT2D eigenvalue weighted by Gasteiger charge is 2.26. The SMILES string of the molecule is Cc1oc(C)c(S(=O)(=O)Nc2ccc(=O)[nH]n2)c1CN. The number of furan rings is 1. The quantitative estimate of drug-likeness (QED) is 0.741. The van der Waals surface area contributed by atoms with Crippen molar-refractivity contribution in [1.29, 1.82) is 0 Å². The molecule has 0 amide bonds. The number of nitrogens with zero attached hydrogens (tertiary/aromatic N) is 1. The van der Waals surface area contributed by atoms with Gasteiger partial charge in [0.15, 0.2) is 5.82 Å². The van der Waals surface area contributed by atoms with Crippen molar-refractivity contribution in [3.8, 4) is 0 Å². The normalized spacial score (nSPS) is 11.6. The van der Waals surface area contributed by atoms with Gasteiger partial charge in [0.2, 0.25) is 0 Å². The van der Waals surface area contributed by atoms with E-state index >= 15 is 0 Å². The first-order valence-corrected chi connectivity index (χ1v) is 7.21. The first-order valence-electron chi connectivity index (χ1n) is 5.72. The Morgan fingerprint density at radius 2 is 2.05 bits per heavy atom. The average molecular weight is 298 g/mol. The van der Waals surface area contributed by atoms with Gasteiger partial charge in [-0.1, -0.05) is 0 Å². The molecule has 4 N–H and O–H groups in total. The van der Waals surface area contributed by atoms with Gasteiger partial charge in [-0.15, -0.1) is 0 Å². The fraction of sp³-hybridized carbons (Fsp3) is 0.273. The molecule has 0 bridgehead atoms. The topological polar surface area (TPSA) is 131 Å². The van der Waals surface area contributed by atoms with Crippen LogP contribution in [0.5, 0.6) is 0 Å². The first-order chi connectivity index (χ1) is 9.35. The fourth-order valence-corrected chi connectivity index (χ4v) is 3.35. The molecular formula is C11H14N4O4S. The third kappa shape index (κ3) is 2.58. The molecule has 0 atom stereocenters. The predicted octanol–water partition coefficient (Wildman–Crippen LogP) is 0.239. The molecule has 8 nitrogen and oxygen atoms in total. The molecule has 9 heteroatoms. The summed E-state index contributed by atoms with van der Waals surface area (Å²) in [6.45, 7) is 3.23. The molecule has 0 unspecified atom stereocenters. The first kappa shape index (κ1) is 14.3. The van der Waals surface area contributed by atoms with Crippen LogP contribution in [-0.2, 0) is 16.6 Å². The summed E-state index contributed by atoms with van der Waals surface area (Å²) in [4.78, 5) is 10.9. The van der Waals surface area contributed by atoms with Crippen LogP contribution in [-0.4, -0.2) is 18.6 Å². The van der Waals surface area contributed by atoms with E-state index < -0.39 is 15.6 Å². The molecule has 0 aliphatic rings. The molecule has 2 aromatic heterocycles. The van der Waals surface area contributed by atoms with E-state index in [1.54, 1.807) is 13.8 Å². The van der Waals surface area contributed by atoms with Crippen molar-refractivity contribution in [3.05, 3.63) is 39.6 Å². The maximum absolute atomic E-state index is 12.3. The summed E-state index contributed by atoms with van der Waals surface area (Å²) >= 11 is 0. The molecule has 0 aliphatic carbocycles. The smallest absolute Gasteiger partial charge is 0.266 e. The molecule has 108 valence electrons. The van der Waals surface area contributed by atoms with E-state index in [1.165, 1.54) is 12.1 Å². The number of hydrogen-bond donors (Lipinski definition) is 3. The molecule has 0 saturated carbocycles. The van der Waals surface area contributed by atoms with Crippen LogP contribution in [0.2, 0.25) is 0 Å². The van der Waals surface area contributed by atoms with Crippen LogP contribution in [0.15, 0.2) is 26.2 Å². The molecule has 0 aromatic carbocycles. The lowest BCUT2D eigenvalue weighted by Crippen LogP contribution is -2.18. The molecule has 2 aromatic rings. The molecule has 0 aliphatic heterocycles. The number of nitrogens with one attached hydrogen (secondary N) is 2. The number of aromatic nitrogens is 2. The van der Waals surface area contributed by atoms with Crippen molar-refractivity contribution in [1.82, 2.24) is 10.2 Å². The number of aromatic amines is 1. The Morgan fingerprint density at radius 3 is 2.60 bits per heavy atom. The Balaban J connectivity index is 2.45. The molecule has 2 heterocycles. The highest BCUT2D eigenvalue weighted by atomic mass is 32.2. The van der Waals surface area contributed by atoms with Gasteiger partial charge < -0.3 is 10.2 Å². The van der Waals surface area contributed by atoms with E-state index in [2.05, 4.69) is 14.9 Å². The zero-order valence-corrected chi connectivity index (χ0v) is 11.7. The minimum Gasteiger partial charge on any atom is -0.465 e. The standard InChI is InChI=1S/C11H14N4O4S/c1-6-8(5-12)11(7(2)19-6)20(17,18)15-9-3-4-10(16)14-13-9/h3-4H,5,12H2,1-2H3,(H,13,15)(H,14,16). The minimum absolute atomic E-state index is 0.00509.